The Kier molecular flexibility index (Phi) is 4.42. The summed E-state index contributed by atoms with van der Waals surface area (Å²) in [5, 5.41) is 14.0. The predicted octanol–water partition coefficient (Wildman–Crippen LogP) is 3.83. The number of methoxy groups -OCH3 is 1. The summed E-state index contributed by atoms with van der Waals surface area (Å²) in [6.07, 6.45) is 0. The molecule has 0 atom stereocenters. The van der Waals surface area contributed by atoms with Crippen molar-refractivity contribution in [1.29, 1.82) is 0 Å². The van der Waals surface area contributed by atoms with Crippen LogP contribution in [-0.2, 0) is 6.54 Å². The van der Waals surface area contributed by atoms with E-state index >= 15 is 0 Å². The van der Waals surface area contributed by atoms with Gasteiger partial charge in [-0.2, -0.15) is 0 Å². The standard InChI is InChI=1S/C16H18N2O3/c1-11-9-14(18(19)20)5-6-15(11)17-10-13-4-7-16(21-3)12(2)8-13/h4-9,17H,10H2,1-3H3. The molecule has 21 heavy (non-hydrogen) atoms. The number of aryl methyl sites for hydroxylation is 2. The number of rotatable bonds is 5. The molecule has 0 heterocycles. The minimum atomic E-state index is -0.385. The zero-order chi connectivity index (χ0) is 15.4. The Morgan fingerprint density at radius 3 is 2.48 bits per heavy atom. The van der Waals surface area contributed by atoms with E-state index in [1.165, 1.54) is 6.07 Å². The van der Waals surface area contributed by atoms with Crippen molar-refractivity contribution in [3.63, 3.8) is 0 Å². The van der Waals surface area contributed by atoms with Crippen molar-refractivity contribution >= 4 is 11.4 Å². The van der Waals surface area contributed by atoms with Gasteiger partial charge in [0.25, 0.3) is 5.69 Å². The van der Waals surface area contributed by atoms with E-state index in [4.69, 9.17) is 4.74 Å². The summed E-state index contributed by atoms with van der Waals surface area (Å²) < 4.78 is 5.23. The summed E-state index contributed by atoms with van der Waals surface area (Å²) in [4.78, 5) is 10.3. The Bertz CT molecular complexity index is 669. The van der Waals surface area contributed by atoms with Gasteiger partial charge in [-0.15, -0.1) is 0 Å². The maximum atomic E-state index is 10.7. The molecule has 1 N–H and O–H groups in total. The van der Waals surface area contributed by atoms with Gasteiger partial charge in [0.1, 0.15) is 5.75 Å². The van der Waals surface area contributed by atoms with E-state index in [9.17, 15) is 10.1 Å². The highest BCUT2D eigenvalue weighted by molar-refractivity contribution is 5.55. The molecule has 110 valence electrons. The van der Waals surface area contributed by atoms with E-state index in [0.29, 0.717) is 6.54 Å². The number of benzene rings is 2. The molecule has 0 aromatic heterocycles. The van der Waals surface area contributed by atoms with Crippen LogP contribution in [0.4, 0.5) is 11.4 Å². The zero-order valence-corrected chi connectivity index (χ0v) is 12.3. The molecule has 0 saturated heterocycles. The van der Waals surface area contributed by atoms with Crippen molar-refractivity contribution < 1.29 is 9.66 Å². The van der Waals surface area contributed by atoms with Crippen molar-refractivity contribution in [2.75, 3.05) is 12.4 Å². The third-order valence-corrected chi connectivity index (χ3v) is 3.36. The lowest BCUT2D eigenvalue weighted by Crippen LogP contribution is -2.02. The molecule has 0 fully saturated rings. The van der Waals surface area contributed by atoms with Gasteiger partial charge >= 0.3 is 0 Å². The highest BCUT2D eigenvalue weighted by atomic mass is 16.6. The first-order chi connectivity index (χ1) is 10.0. The van der Waals surface area contributed by atoms with E-state index in [1.807, 2.05) is 26.0 Å². The average Bonchev–Trinajstić information content (AvgIpc) is 2.46. The quantitative estimate of drug-likeness (QED) is 0.670. The number of ether oxygens (including phenoxy) is 1. The van der Waals surface area contributed by atoms with E-state index in [-0.39, 0.29) is 10.6 Å². The Morgan fingerprint density at radius 2 is 1.90 bits per heavy atom. The minimum absolute atomic E-state index is 0.110. The van der Waals surface area contributed by atoms with Crippen LogP contribution in [0, 0.1) is 24.0 Å². The van der Waals surface area contributed by atoms with Crippen LogP contribution in [0.3, 0.4) is 0 Å². The van der Waals surface area contributed by atoms with Crippen molar-refractivity contribution in [3.05, 3.63) is 63.2 Å². The maximum Gasteiger partial charge on any atom is 0.269 e. The fourth-order valence-corrected chi connectivity index (χ4v) is 2.21. The van der Waals surface area contributed by atoms with Crippen molar-refractivity contribution in [2.45, 2.75) is 20.4 Å². The lowest BCUT2D eigenvalue weighted by atomic mass is 10.1. The van der Waals surface area contributed by atoms with Gasteiger partial charge in [-0.3, -0.25) is 10.1 Å². The number of hydrogen-bond donors (Lipinski definition) is 1. The monoisotopic (exact) mass is 286 g/mol. The molecule has 0 spiro atoms. The number of anilines is 1. The summed E-state index contributed by atoms with van der Waals surface area (Å²) in [6, 6.07) is 10.8. The molecule has 0 amide bonds. The second-order valence-electron chi connectivity index (χ2n) is 4.91. The van der Waals surface area contributed by atoms with Gasteiger partial charge in [0, 0.05) is 24.4 Å². The fraction of sp³-hybridized carbons (Fsp3) is 0.250. The van der Waals surface area contributed by atoms with Crippen LogP contribution in [0.5, 0.6) is 5.75 Å². The van der Waals surface area contributed by atoms with Gasteiger partial charge in [-0.25, -0.2) is 0 Å². The first-order valence-corrected chi connectivity index (χ1v) is 6.63. The number of nitro groups is 1. The van der Waals surface area contributed by atoms with E-state index in [0.717, 1.165) is 28.1 Å². The van der Waals surface area contributed by atoms with Crippen LogP contribution in [-0.4, -0.2) is 12.0 Å². The summed E-state index contributed by atoms with van der Waals surface area (Å²) in [5.41, 5.74) is 4.07. The van der Waals surface area contributed by atoms with Crippen molar-refractivity contribution in [2.24, 2.45) is 0 Å². The van der Waals surface area contributed by atoms with Crippen LogP contribution >= 0.6 is 0 Å². The van der Waals surface area contributed by atoms with Crippen LogP contribution in [0.2, 0.25) is 0 Å². The molecule has 5 nitrogen and oxygen atoms in total. The van der Waals surface area contributed by atoms with Crippen LogP contribution < -0.4 is 10.1 Å². The molecule has 0 aliphatic heterocycles. The third kappa shape index (κ3) is 3.51. The number of nitro benzene ring substituents is 1. The number of hydrogen-bond acceptors (Lipinski definition) is 4. The van der Waals surface area contributed by atoms with Crippen LogP contribution in [0.25, 0.3) is 0 Å². The molecule has 0 bridgehead atoms. The Morgan fingerprint density at radius 1 is 1.14 bits per heavy atom. The summed E-state index contributed by atoms with van der Waals surface area (Å²) in [7, 11) is 1.65. The Balaban J connectivity index is 2.09. The molecule has 0 unspecified atom stereocenters. The summed E-state index contributed by atoms with van der Waals surface area (Å²) in [5.74, 6) is 0.866. The van der Waals surface area contributed by atoms with Crippen molar-refractivity contribution in [1.82, 2.24) is 0 Å². The zero-order valence-electron chi connectivity index (χ0n) is 12.3. The lowest BCUT2D eigenvalue weighted by Gasteiger charge is -2.11. The Hall–Kier alpha value is -2.56. The highest BCUT2D eigenvalue weighted by Crippen LogP contribution is 2.23. The predicted molar refractivity (Wildman–Crippen MR) is 82.9 cm³/mol. The molecule has 0 aliphatic rings. The average molecular weight is 286 g/mol. The number of nitrogens with zero attached hydrogens (tertiary/aromatic N) is 1. The van der Waals surface area contributed by atoms with E-state index < -0.39 is 0 Å². The van der Waals surface area contributed by atoms with Crippen molar-refractivity contribution in [3.8, 4) is 5.75 Å². The second-order valence-corrected chi connectivity index (χ2v) is 4.91. The van der Waals surface area contributed by atoms with E-state index in [1.54, 1.807) is 19.2 Å². The van der Waals surface area contributed by atoms with Crippen LogP contribution in [0.15, 0.2) is 36.4 Å². The smallest absolute Gasteiger partial charge is 0.269 e. The molecule has 5 heteroatoms. The fourth-order valence-electron chi connectivity index (χ4n) is 2.21. The van der Waals surface area contributed by atoms with E-state index in [2.05, 4.69) is 11.4 Å². The molecule has 2 aromatic carbocycles. The minimum Gasteiger partial charge on any atom is -0.496 e. The number of nitrogens with one attached hydrogen (secondary N) is 1. The topological polar surface area (TPSA) is 64.4 Å². The molecular formula is C16H18N2O3. The maximum absolute atomic E-state index is 10.7. The lowest BCUT2D eigenvalue weighted by molar-refractivity contribution is -0.384. The van der Waals surface area contributed by atoms with Gasteiger partial charge in [0.2, 0.25) is 0 Å². The summed E-state index contributed by atoms with van der Waals surface area (Å²) >= 11 is 0. The normalized spacial score (nSPS) is 10.2. The number of non-ortho nitro benzene ring substituents is 1. The molecule has 2 rings (SSSR count). The Labute approximate surface area is 123 Å². The summed E-state index contributed by atoms with van der Waals surface area (Å²) in [6.45, 7) is 4.51. The second kappa shape index (κ2) is 6.26. The van der Waals surface area contributed by atoms with Gasteiger partial charge in [-0.1, -0.05) is 12.1 Å². The SMILES string of the molecule is COc1ccc(CNc2ccc([N+](=O)[O-])cc2C)cc1C. The largest absolute Gasteiger partial charge is 0.496 e. The molecule has 0 saturated carbocycles. The van der Waals surface area contributed by atoms with Gasteiger partial charge in [0.15, 0.2) is 0 Å². The van der Waals surface area contributed by atoms with Gasteiger partial charge in [-0.05, 0) is 42.7 Å². The molecular weight excluding hydrogens is 268 g/mol. The molecule has 2 aromatic rings. The van der Waals surface area contributed by atoms with Gasteiger partial charge < -0.3 is 10.1 Å². The first kappa shape index (κ1) is 14.8. The molecule has 0 aliphatic carbocycles. The van der Waals surface area contributed by atoms with Gasteiger partial charge in [0.05, 0.1) is 12.0 Å². The molecule has 0 radical (unpaired) electrons. The first-order valence-electron chi connectivity index (χ1n) is 6.63. The van der Waals surface area contributed by atoms with Crippen LogP contribution in [0.1, 0.15) is 16.7 Å². The highest BCUT2D eigenvalue weighted by Gasteiger charge is 2.08. The third-order valence-electron chi connectivity index (χ3n) is 3.36.